The Kier molecular flexibility index (Phi) is 8.95. The van der Waals surface area contributed by atoms with E-state index in [4.69, 9.17) is 14.6 Å². The fourth-order valence-electron chi connectivity index (χ4n) is 4.11. The third kappa shape index (κ3) is 5.94. The molecule has 2 aliphatic rings. The molecule has 3 rings (SSSR count). The second-order valence-electron chi connectivity index (χ2n) is 7.74. The molecule has 0 radical (unpaired) electrons. The number of hydrogen-bond acceptors (Lipinski definition) is 6. The van der Waals surface area contributed by atoms with Crippen molar-refractivity contribution < 1.29 is 24.5 Å². The third-order valence-electron chi connectivity index (χ3n) is 5.86. The Morgan fingerprint density at radius 2 is 1.93 bits per heavy atom. The smallest absolute Gasteiger partial charge is 0.290 e. The van der Waals surface area contributed by atoms with Crippen molar-refractivity contribution in [3.05, 3.63) is 35.9 Å². The number of ether oxygens (including phenoxy) is 1. The second-order valence-corrected chi connectivity index (χ2v) is 8.73. The van der Waals surface area contributed by atoms with Crippen molar-refractivity contribution in [3.63, 3.8) is 0 Å². The number of aliphatic hydroxyl groups excluding tert-OH is 1. The predicted octanol–water partition coefficient (Wildman–Crippen LogP) is 1.85. The van der Waals surface area contributed by atoms with Crippen LogP contribution in [0.25, 0.3) is 0 Å². The number of aliphatic hydroxyl groups is 1. The minimum absolute atomic E-state index is 0.137. The minimum Gasteiger partial charge on any atom is -0.483 e. The van der Waals surface area contributed by atoms with E-state index in [1.807, 2.05) is 36.9 Å². The molecule has 2 heterocycles. The van der Waals surface area contributed by atoms with Gasteiger partial charge in [-0.25, -0.2) is 0 Å². The number of amides is 1. The molecule has 0 aliphatic carbocycles. The minimum atomic E-state index is -0.709. The van der Waals surface area contributed by atoms with Gasteiger partial charge in [0, 0.05) is 37.6 Å². The summed E-state index contributed by atoms with van der Waals surface area (Å²) in [6.07, 6.45) is 3.64. The molecule has 1 aromatic carbocycles. The molecule has 2 atom stereocenters. The van der Waals surface area contributed by atoms with Crippen LogP contribution < -0.4 is 5.32 Å². The van der Waals surface area contributed by atoms with Gasteiger partial charge in [0.05, 0.1) is 11.1 Å². The summed E-state index contributed by atoms with van der Waals surface area (Å²) >= 11 is 1.86. The molecule has 2 aliphatic heterocycles. The number of nitrogens with zero attached hydrogens (tertiary/aromatic N) is 1. The number of carbonyl (C=O) groups excluding carboxylic acids is 1. The van der Waals surface area contributed by atoms with Crippen LogP contribution in [-0.2, 0) is 9.53 Å². The first kappa shape index (κ1) is 23.7. The molecule has 2 fully saturated rings. The number of piperidine rings is 1. The Labute approximate surface area is 176 Å². The van der Waals surface area contributed by atoms with Crippen LogP contribution in [0.4, 0.5) is 0 Å². The summed E-state index contributed by atoms with van der Waals surface area (Å²) in [5.41, 5.74) is -0.604. The van der Waals surface area contributed by atoms with Crippen molar-refractivity contribution in [2.24, 2.45) is 0 Å². The van der Waals surface area contributed by atoms with Crippen LogP contribution in [0.1, 0.15) is 36.5 Å². The molecule has 0 saturated carbocycles. The van der Waals surface area contributed by atoms with Crippen molar-refractivity contribution in [3.8, 4) is 0 Å². The molecule has 1 amide bonds. The number of nitrogens with one attached hydrogen (secondary N) is 1. The Morgan fingerprint density at radius 3 is 2.52 bits per heavy atom. The normalized spacial score (nSPS) is 26.2. The van der Waals surface area contributed by atoms with Gasteiger partial charge in [0.25, 0.3) is 12.4 Å². The summed E-state index contributed by atoms with van der Waals surface area (Å²) in [6, 6.07) is 9.18. The zero-order chi connectivity index (χ0) is 21.3. The maximum Gasteiger partial charge on any atom is 0.290 e. The fraction of sp³-hybridized carbons (Fsp3) is 0.619. The molecule has 0 aromatic heterocycles. The average Bonchev–Trinajstić information content (AvgIpc) is 2.73. The van der Waals surface area contributed by atoms with E-state index < -0.39 is 17.2 Å². The van der Waals surface area contributed by atoms with Gasteiger partial charge in [0.15, 0.2) is 0 Å². The highest BCUT2D eigenvalue weighted by Crippen LogP contribution is 2.40. The maximum atomic E-state index is 12.6. The van der Waals surface area contributed by atoms with E-state index in [0.717, 1.165) is 38.2 Å². The zero-order valence-electron chi connectivity index (χ0n) is 17.2. The van der Waals surface area contributed by atoms with E-state index in [1.165, 1.54) is 0 Å². The van der Waals surface area contributed by atoms with Crippen LogP contribution >= 0.6 is 11.8 Å². The highest BCUT2D eigenvalue weighted by Gasteiger charge is 2.53. The zero-order valence-corrected chi connectivity index (χ0v) is 18.0. The van der Waals surface area contributed by atoms with E-state index in [-0.39, 0.29) is 12.4 Å². The lowest BCUT2D eigenvalue weighted by molar-refractivity contribution is -0.205. The number of carboxylic acid groups (broad SMARTS) is 1. The quantitative estimate of drug-likeness (QED) is 0.621. The number of thioether (sulfide) groups is 1. The van der Waals surface area contributed by atoms with E-state index in [2.05, 4.69) is 16.5 Å². The van der Waals surface area contributed by atoms with Crippen molar-refractivity contribution >= 4 is 24.1 Å². The molecule has 0 bridgehead atoms. The van der Waals surface area contributed by atoms with Crippen LogP contribution in [0.3, 0.4) is 0 Å². The summed E-state index contributed by atoms with van der Waals surface area (Å²) < 4.78 is 6.12. The van der Waals surface area contributed by atoms with Crippen molar-refractivity contribution in [2.45, 2.75) is 43.4 Å². The molecule has 162 valence electrons. The monoisotopic (exact) mass is 424 g/mol. The van der Waals surface area contributed by atoms with Gasteiger partial charge in [-0.2, -0.15) is 11.8 Å². The number of likely N-dealkylation sites (tertiary alicyclic amines) is 1. The third-order valence-corrected chi connectivity index (χ3v) is 6.45. The summed E-state index contributed by atoms with van der Waals surface area (Å²) in [7, 11) is 0. The SMILES string of the molecule is CSCCN1CCC2(CC1)OCC[C@](C)(NC(=O)c1ccccc1)[C@H]2O.O=CO. The topological polar surface area (TPSA) is 99.1 Å². The lowest BCUT2D eigenvalue weighted by Crippen LogP contribution is -2.69. The molecule has 7 nitrogen and oxygen atoms in total. The van der Waals surface area contributed by atoms with Gasteiger partial charge in [0.2, 0.25) is 0 Å². The van der Waals surface area contributed by atoms with E-state index >= 15 is 0 Å². The van der Waals surface area contributed by atoms with E-state index in [9.17, 15) is 9.90 Å². The Bertz CT molecular complexity index is 652. The lowest BCUT2D eigenvalue weighted by Gasteiger charge is -2.53. The van der Waals surface area contributed by atoms with Gasteiger partial charge in [-0.15, -0.1) is 0 Å². The first-order valence-corrected chi connectivity index (χ1v) is 11.3. The first-order chi connectivity index (χ1) is 13.9. The van der Waals surface area contributed by atoms with Crippen molar-refractivity contribution in [1.29, 1.82) is 0 Å². The Hall–Kier alpha value is -1.61. The van der Waals surface area contributed by atoms with Crippen molar-refractivity contribution in [1.82, 2.24) is 10.2 Å². The first-order valence-electron chi connectivity index (χ1n) is 9.89. The molecule has 1 spiro atoms. The van der Waals surface area contributed by atoms with Gasteiger partial charge in [-0.3, -0.25) is 9.59 Å². The molecular weight excluding hydrogens is 392 g/mol. The lowest BCUT2D eigenvalue weighted by atomic mass is 9.73. The number of hydrogen-bond donors (Lipinski definition) is 3. The molecule has 29 heavy (non-hydrogen) atoms. The van der Waals surface area contributed by atoms with Gasteiger partial charge in [-0.05, 0) is 44.6 Å². The van der Waals surface area contributed by atoms with Crippen LogP contribution in [0.2, 0.25) is 0 Å². The Morgan fingerprint density at radius 1 is 1.31 bits per heavy atom. The highest BCUT2D eigenvalue weighted by atomic mass is 32.2. The van der Waals surface area contributed by atoms with Gasteiger partial charge >= 0.3 is 0 Å². The van der Waals surface area contributed by atoms with Crippen LogP contribution in [0, 0.1) is 0 Å². The van der Waals surface area contributed by atoms with Crippen LogP contribution in [0.5, 0.6) is 0 Å². The second kappa shape index (κ2) is 11.0. The summed E-state index contributed by atoms with van der Waals surface area (Å²) in [5.74, 6) is 0.989. The van der Waals surface area contributed by atoms with Crippen LogP contribution in [-0.4, -0.2) is 83.0 Å². The molecule has 2 saturated heterocycles. The molecule has 8 heteroatoms. The standard InChI is InChI=1S/C20H30N2O3S.CH2O2/c1-19(21-17(23)16-6-4-3-5-7-16)10-14-25-20(18(19)24)8-11-22(12-9-20)13-15-26-2;2-1-3/h3-7,18,24H,8-15H2,1-2H3,(H,21,23);1H,(H,2,3)/t18-,19+;/m1./s1. The maximum absolute atomic E-state index is 12.6. The van der Waals surface area contributed by atoms with Crippen molar-refractivity contribution in [2.75, 3.05) is 38.2 Å². The average molecular weight is 425 g/mol. The number of carbonyl (C=O) groups is 2. The largest absolute Gasteiger partial charge is 0.483 e. The number of rotatable bonds is 5. The highest BCUT2D eigenvalue weighted by molar-refractivity contribution is 7.98. The van der Waals surface area contributed by atoms with E-state index in [0.29, 0.717) is 18.6 Å². The number of benzene rings is 1. The molecule has 3 N–H and O–H groups in total. The molecule has 1 aromatic rings. The summed E-state index contributed by atoms with van der Waals surface area (Å²) in [6.45, 7) is 5.20. The molecular formula is C21H32N2O5S. The fourth-order valence-corrected chi connectivity index (χ4v) is 4.55. The summed E-state index contributed by atoms with van der Waals surface area (Å²) in [4.78, 5) is 23.4. The van der Waals surface area contributed by atoms with E-state index in [1.54, 1.807) is 12.1 Å². The Balaban J connectivity index is 0.000000941. The van der Waals surface area contributed by atoms with Gasteiger partial charge in [-0.1, -0.05) is 18.2 Å². The van der Waals surface area contributed by atoms with Crippen LogP contribution in [0.15, 0.2) is 30.3 Å². The van der Waals surface area contributed by atoms with Gasteiger partial charge in [0.1, 0.15) is 6.10 Å². The predicted molar refractivity (Wildman–Crippen MR) is 114 cm³/mol. The van der Waals surface area contributed by atoms with Gasteiger partial charge < -0.3 is 25.2 Å². The molecule has 0 unspecified atom stereocenters. The summed E-state index contributed by atoms with van der Waals surface area (Å²) in [5, 5.41) is 21.2.